The number of hydrogen-bond donors (Lipinski definition) is 1. The van der Waals surface area contributed by atoms with Crippen LogP contribution in [0.4, 0.5) is 0 Å². The van der Waals surface area contributed by atoms with E-state index in [1.807, 2.05) is 0 Å². The van der Waals surface area contributed by atoms with Crippen LogP contribution < -0.4 is 5.32 Å². The molecule has 3 heteroatoms. The first-order chi connectivity index (χ1) is 9.19. The van der Waals surface area contributed by atoms with Crippen LogP contribution in [0, 0.1) is 17.8 Å². The summed E-state index contributed by atoms with van der Waals surface area (Å²) in [6.45, 7) is 10.3. The predicted octanol–water partition coefficient (Wildman–Crippen LogP) is 3.09. The lowest BCUT2D eigenvalue weighted by atomic mass is 9.72. The van der Waals surface area contributed by atoms with Crippen LogP contribution in [0.15, 0.2) is 0 Å². The Bertz CT molecular complexity index is 221. The molecule has 0 aromatic carbocycles. The fraction of sp³-hybridized carbons (Fsp3) is 1.00. The summed E-state index contributed by atoms with van der Waals surface area (Å²) in [4.78, 5) is 0. The summed E-state index contributed by atoms with van der Waals surface area (Å²) < 4.78 is 10.7. The van der Waals surface area contributed by atoms with E-state index in [9.17, 15) is 0 Å². The van der Waals surface area contributed by atoms with Gasteiger partial charge in [-0.1, -0.05) is 20.8 Å². The minimum atomic E-state index is 0.700. The molecule has 0 bridgehead atoms. The number of rotatable bonds is 9. The van der Waals surface area contributed by atoms with Crippen molar-refractivity contribution in [3.8, 4) is 0 Å². The molecule has 114 valence electrons. The Morgan fingerprint density at radius 3 is 2.58 bits per heavy atom. The van der Waals surface area contributed by atoms with Gasteiger partial charge >= 0.3 is 0 Å². The van der Waals surface area contributed by atoms with Crippen LogP contribution in [-0.2, 0) is 9.47 Å². The van der Waals surface area contributed by atoms with E-state index in [2.05, 4.69) is 26.1 Å². The molecule has 1 aliphatic carbocycles. The van der Waals surface area contributed by atoms with Crippen molar-refractivity contribution in [2.45, 2.75) is 52.5 Å². The molecule has 0 aromatic heterocycles. The van der Waals surface area contributed by atoms with Crippen molar-refractivity contribution in [3.05, 3.63) is 0 Å². The Labute approximate surface area is 119 Å². The molecule has 0 saturated heterocycles. The van der Waals surface area contributed by atoms with Gasteiger partial charge in [0.15, 0.2) is 0 Å². The molecule has 1 saturated carbocycles. The maximum atomic E-state index is 5.65. The highest BCUT2D eigenvalue weighted by Crippen LogP contribution is 2.35. The van der Waals surface area contributed by atoms with E-state index in [0.717, 1.165) is 37.5 Å². The highest BCUT2D eigenvalue weighted by molar-refractivity contribution is 4.85. The third-order valence-corrected chi connectivity index (χ3v) is 4.50. The van der Waals surface area contributed by atoms with Crippen molar-refractivity contribution < 1.29 is 9.47 Å². The molecule has 1 aliphatic rings. The summed E-state index contributed by atoms with van der Waals surface area (Å²) in [5.74, 6) is 2.50. The second kappa shape index (κ2) is 9.73. The molecule has 1 N–H and O–H groups in total. The molecular formula is C16H33NO2. The SMILES string of the molecule is CCNC1CCC(C(C)C)CC1CCOCCOC. The summed E-state index contributed by atoms with van der Waals surface area (Å²) in [6, 6.07) is 0.700. The number of hydrogen-bond acceptors (Lipinski definition) is 3. The highest BCUT2D eigenvalue weighted by Gasteiger charge is 2.30. The lowest BCUT2D eigenvalue weighted by Crippen LogP contribution is -2.41. The van der Waals surface area contributed by atoms with E-state index in [-0.39, 0.29) is 0 Å². The first-order valence-electron chi connectivity index (χ1n) is 7.99. The minimum absolute atomic E-state index is 0.700. The van der Waals surface area contributed by atoms with Gasteiger partial charge in [0, 0.05) is 19.8 Å². The Hall–Kier alpha value is -0.120. The Morgan fingerprint density at radius 1 is 1.16 bits per heavy atom. The van der Waals surface area contributed by atoms with Gasteiger partial charge in [-0.3, -0.25) is 0 Å². The van der Waals surface area contributed by atoms with Gasteiger partial charge in [0.25, 0.3) is 0 Å². The molecule has 0 heterocycles. The third kappa shape index (κ3) is 6.24. The standard InChI is InChI=1S/C16H33NO2/c1-5-17-16-7-6-14(13(2)3)12-15(16)8-9-19-11-10-18-4/h13-17H,5-12H2,1-4H3. The number of ether oxygens (including phenoxy) is 2. The van der Waals surface area contributed by atoms with Crippen LogP contribution in [0.1, 0.15) is 46.5 Å². The molecule has 19 heavy (non-hydrogen) atoms. The zero-order valence-electron chi connectivity index (χ0n) is 13.3. The third-order valence-electron chi connectivity index (χ3n) is 4.50. The van der Waals surface area contributed by atoms with Crippen molar-refractivity contribution in [3.63, 3.8) is 0 Å². The average Bonchev–Trinajstić information content (AvgIpc) is 2.40. The normalized spacial score (nSPS) is 27.9. The zero-order chi connectivity index (χ0) is 14.1. The molecule has 0 aliphatic heterocycles. The van der Waals surface area contributed by atoms with Gasteiger partial charge in [0.05, 0.1) is 13.2 Å². The molecule has 3 unspecified atom stereocenters. The molecule has 0 amide bonds. The van der Waals surface area contributed by atoms with Crippen LogP contribution in [-0.4, -0.2) is 39.5 Å². The monoisotopic (exact) mass is 271 g/mol. The van der Waals surface area contributed by atoms with Gasteiger partial charge in [-0.15, -0.1) is 0 Å². The van der Waals surface area contributed by atoms with Crippen LogP contribution in [0.25, 0.3) is 0 Å². The highest BCUT2D eigenvalue weighted by atomic mass is 16.5. The number of methoxy groups -OCH3 is 1. The van der Waals surface area contributed by atoms with Crippen LogP contribution in [0.2, 0.25) is 0 Å². The van der Waals surface area contributed by atoms with Crippen molar-refractivity contribution in [2.75, 3.05) is 33.5 Å². The second-order valence-corrected chi connectivity index (χ2v) is 6.14. The predicted molar refractivity (Wildman–Crippen MR) is 80.4 cm³/mol. The van der Waals surface area contributed by atoms with Gasteiger partial charge in [-0.25, -0.2) is 0 Å². The van der Waals surface area contributed by atoms with Gasteiger partial charge in [0.1, 0.15) is 0 Å². The van der Waals surface area contributed by atoms with Gasteiger partial charge < -0.3 is 14.8 Å². The topological polar surface area (TPSA) is 30.5 Å². The van der Waals surface area contributed by atoms with E-state index in [1.165, 1.54) is 25.7 Å². The molecule has 0 spiro atoms. The van der Waals surface area contributed by atoms with Crippen molar-refractivity contribution in [1.82, 2.24) is 5.32 Å². The summed E-state index contributed by atoms with van der Waals surface area (Å²) in [5.41, 5.74) is 0. The number of nitrogens with one attached hydrogen (secondary N) is 1. The van der Waals surface area contributed by atoms with Gasteiger partial charge in [-0.2, -0.15) is 0 Å². The lowest BCUT2D eigenvalue weighted by molar-refractivity contribution is 0.0524. The quantitative estimate of drug-likeness (QED) is 0.654. The molecule has 1 fully saturated rings. The zero-order valence-corrected chi connectivity index (χ0v) is 13.3. The first-order valence-corrected chi connectivity index (χ1v) is 7.99. The van der Waals surface area contributed by atoms with Gasteiger partial charge in [-0.05, 0) is 50.0 Å². The van der Waals surface area contributed by atoms with E-state index < -0.39 is 0 Å². The van der Waals surface area contributed by atoms with Crippen LogP contribution in [0.3, 0.4) is 0 Å². The smallest absolute Gasteiger partial charge is 0.0700 e. The summed E-state index contributed by atoms with van der Waals surface area (Å²) in [6.07, 6.45) is 5.27. The summed E-state index contributed by atoms with van der Waals surface area (Å²) in [5, 5.41) is 3.67. The van der Waals surface area contributed by atoms with Crippen LogP contribution in [0.5, 0.6) is 0 Å². The van der Waals surface area contributed by atoms with Crippen LogP contribution >= 0.6 is 0 Å². The maximum Gasteiger partial charge on any atom is 0.0700 e. The Morgan fingerprint density at radius 2 is 1.95 bits per heavy atom. The largest absolute Gasteiger partial charge is 0.382 e. The van der Waals surface area contributed by atoms with E-state index in [4.69, 9.17) is 9.47 Å². The van der Waals surface area contributed by atoms with Crippen molar-refractivity contribution >= 4 is 0 Å². The maximum absolute atomic E-state index is 5.65. The molecule has 3 nitrogen and oxygen atoms in total. The second-order valence-electron chi connectivity index (χ2n) is 6.14. The molecule has 1 rings (SSSR count). The fourth-order valence-electron chi connectivity index (χ4n) is 3.23. The fourth-order valence-corrected chi connectivity index (χ4v) is 3.23. The average molecular weight is 271 g/mol. The summed E-state index contributed by atoms with van der Waals surface area (Å²) in [7, 11) is 1.72. The summed E-state index contributed by atoms with van der Waals surface area (Å²) >= 11 is 0. The minimum Gasteiger partial charge on any atom is -0.382 e. The van der Waals surface area contributed by atoms with E-state index in [0.29, 0.717) is 12.6 Å². The molecular weight excluding hydrogens is 238 g/mol. The van der Waals surface area contributed by atoms with Crippen molar-refractivity contribution in [2.24, 2.45) is 17.8 Å². The first kappa shape index (κ1) is 16.9. The molecule has 3 atom stereocenters. The Kier molecular flexibility index (Phi) is 8.67. The van der Waals surface area contributed by atoms with Crippen molar-refractivity contribution in [1.29, 1.82) is 0 Å². The molecule has 0 radical (unpaired) electrons. The van der Waals surface area contributed by atoms with E-state index >= 15 is 0 Å². The molecule has 0 aromatic rings. The van der Waals surface area contributed by atoms with E-state index in [1.54, 1.807) is 7.11 Å². The van der Waals surface area contributed by atoms with Gasteiger partial charge in [0.2, 0.25) is 0 Å². The Balaban J connectivity index is 2.34. The lowest BCUT2D eigenvalue weighted by Gasteiger charge is -2.38.